The topological polar surface area (TPSA) is 38.8 Å². The fraction of sp³-hybridized carbons (Fsp3) is 0.458. The molecular formula is C24H29NO3. The first-order chi connectivity index (χ1) is 17.5. The van der Waals surface area contributed by atoms with E-state index >= 15 is 0 Å². The zero-order valence-corrected chi connectivity index (χ0v) is 15.4. The van der Waals surface area contributed by atoms with E-state index in [4.69, 9.17) is 23.2 Å². The van der Waals surface area contributed by atoms with Crippen LogP contribution in [0.15, 0.2) is 42.5 Å². The number of hydrogen-bond acceptors (Lipinski definition) is 4. The normalized spacial score (nSPS) is 28.7. The molecule has 1 unspecified atom stereocenters. The molecule has 0 bridgehead atoms. The van der Waals surface area contributed by atoms with E-state index < -0.39 is 50.1 Å². The predicted molar refractivity (Wildman–Crippen MR) is 110 cm³/mol. The average Bonchev–Trinajstić information content (AvgIpc) is 2.98. The van der Waals surface area contributed by atoms with Crippen molar-refractivity contribution in [1.29, 1.82) is 0 Å². The number of rotatable bonds is 6. The minimum absolute atomic E-state index is 0.0349. The Morgan fingerprint density at radius 3 is 2.57 bits per heavy atom. The van der Waals surface area contributed by atoms with Gasteiger partial charge < -0.3 is 9.47 Å². The standard InChI is InChI=1S/C24H29NO3/c1-27-22-14-19-13-20(24(26)21(19)15-23(22)28-2)12-17-8-10-25(11-9-17)16-18-6-4-3-5-7-18/h3-7,14-15,17,20H,8-13,16H2,1-2H3/i1D3,2D3,13D2,16D2. The van der Waals surface area contributed by atoms with Crippen LogP contribution in [0.1, 0.15) is 54.5 Å². The Morgan fingerprint density at radius 1 is 1.14 bits per heavy atom. The lowest BCUT2D eigenvalue weighted by atomic mass is 9.85. The van der Waals surface area contributed by atoms with E-state index in [-0.39, 0.29) is 23.5 Å². The van der Waals surface area contributed by atoms with Crippen LogP contribution in [0.4, 0.5) is 0 Å². The minimum Gasteiger partial charge on any atom is -0.493 e. The maximum Gasteiger partial charge on any atom is 0.166 e. The molecule has 1 heterocycles. The number of Topliss-reactive ketones (excluding diaryl/α,β-unsaturated/α-hetero) is 1. The number of carbonyl (C=O) groups excluding carboxylic acids is 1. The van der Waals surface area contributed by atoms with E-state index in [9.17, 15) is 4.79 Å². The van der Waals surface area contributed by atoms with Crippen LogP contribution in [-0.2, 0) is 12.9 Å². The summed E-state index contributed by atoms with van der Waals surface area (Å²) >= 11 is 0. The average molecular weight is 390 g/mol. The van der Waals surface area contributed by atoms with E-state index in [1.807, 2.05) is 6.07 Å². The number of fused-ring (bicyclic) bond motifs is 1. The number of carbonyl (C=O) groups is 1. The fourth-order valence-corrected chi connectivity index (χ4v) is 3.96. The number of ketones is 1. The van der Waals surface area contributed by atoms with Crippen molar-refractivity contribution in [3.63, 3.8) is 0 Å². The third-order valence-corrected chi connectivity index (χ3v) is 5.46. The smallest absolute Gasteiger partial charge is 0.166 e. The fourth-order valence-electron chi connectivity index (χ4n) is 3.96. The molecule has 28 heavy (non-hydrogen) atoms. The largest absolute Gasteiger partial charge is 0.493 e. The number of likely N-dealkylation sites (tertiary alicyclic amines) is 1. The molecule has 0 spiro atoms. The maximum atomic E-state index is 13.4. The second-order valence-corrected chi connectivity index (χ2v) is 7.25. The van der Waals surface area contributed by atoms with Crippen molar-refractivity contribution in [2.24, 2.45) is 11.8 Å². The Labute approximate surface area is 181 Å². The highest BCUT2D eigenvalue weighted by Gasteiger charge is 2.34. The van der Waals surface area contributed by atoms with Gasteiger partial charge in [-0.3, -0.25) is 9.69 Å². The molecular weight excluding hydrogens is 350 g/mol. The highest BCUT2D eigenvalue weighted by molar-refractivity contribution is 6.02. The van der Waals surface area contributed by atoms with Crippen LogP contribution in [0.3, 0.4) is 0 Å². The summed E-state index contributed by atoms with van der Waals surface area (Å²) in [7, 11) is -5.89. The number of piperidine rings is 1. The van der Waals surface area contributed by atoms with Crippen molar-refractivity contribution in [3.8, 4) is 11.5 Å². The summed E-state index contributed by atoms with van der Waals surface area (Å²) in [6.45, 7) is -0.772. The number of methoxy groups -OCH3 is 2. The van der Waals surface area contributed by atoms with Crippen molar-refractivity contribution in [3.05, 3.63) is 59.2 Å². The number of nitrogens with zero attached hydrogens (tertiary/aromatic N) is 1. The summed E-state index contributed by atoms with van der Waals surface area (Å²) in [6, 6.07) is 11.0. The number of ether oxygens (including phenoxy) is 2. The molecule has 2 aromatic carbocycles. The van der Waals surface area contributed by atoms with Crippen molar-refractivity contribution >= 4 is 5.78 Å². The second-order valence-electron chi connectivity index (χ2n) is 7.25. The van der Waals surface area contributed by atoms with E-state index in [0.29, 0.717) is 31.5 Å². The SMILES string of the molecule is [2H]C([2H])([2H])Oc1cc2c(cc1OC([2H])([2H])[2H])C([2H])([2H])C(CC1CCN(C([2H])([2H])c3ccccc3)CC1)C2=O. The summed E-state index contributed by atoms with van der Waals surface area (Å²) in [5, 5.41) is 0. The zero-order chi connectivity index (χ0) is 28.1. The monoisotopic (exact) mass is 389 g/mol. The van der Waals surface area contributed by atoms with Gasteiger partial charge in [0.05, 0.1) is 22.3 Å². The number of hydrogen-bond donors (Lipinski definition) is 0. The van der Waals surface area contributed by atoms with Crippen LogP contribution < -0.4 is 9.47 Å². The van der Waals surface area contributed by atoms with E-state index in [0.717, 1.165) is 12.1 Å². The van der Waals surface area contributed by atoms with E-state index in [1.54, 1.807) is 29.2 Å². The first-order valence-electron chi connectivity index (χ1n) is 14.4. The predicted octanol–water partition coefficient (Wildman–Crippen LogP) is 4.36. The van der Waals surface area contributed by atoms with Gasteiger partial charge in [-0.1, -0.05) is 30.3 Å². The van der Waals surface area contributed by atoms with Crippen LogP contribution in [0.25, 0.3) is 0 Å². The lowest BCUT2D eigenvalue weighted by molar-refractivity contribution is 0.0895. The second kappa shape index (κ2) is 8.36. The van der Waals surface area contributed by atoms with Gasteiger partial charge in [0, 0.05) is 23.5 Å². The van der Waals surface area contributed by atoms with Crippen molar-refractivity contribution in [1.82, 2.24) is 4.90 Å². The summed E-state index contributed by atoms with van der Waals surface area (Å²) in [5.74, 6) is -2.56. The van der Waals surface area contributed by atoms with Crippen LogP contribution in [0, 0.1) is 11.8 Å². The molecule has 4 nitrogen and oxygen atoms in total. The maximum absolute atomic E-state index is 13.4. The first-order valence-corrected chi connectivity index (χ1v) is 9.40. The molecule has 1 aliphatic heterocycles. The third-order valence-electron chi connectivity index (χ3n) is 5.46. The highest BCUT2D eigenvalue weighted by atomic mass is 16.5. The molecule has 1 fully saturated rings. The summed E-state index contributed by atoms with van der Waals surface area (Å²) in [4.78, 5) is 15.1. The lowest BCUT2D eigenvalue weighted by Gasteiger charge is -2.32. The molecule has 0 radical (unpaired) electrons. The molecule has 1 aliphatic carbocycles. The van der Waals surface area contributed by atoms with Crippen molar-refractivity contribution in [2.75, 3.05) is 27.2 Å². The summed E-state index contributed by atoms with van der Waals surface area (Å²) in [6.07, 6.45) is -0.784. The lowest BCUT2D eigenvalue weighted by Crippen LogP contribution is -2.34. The number of benzene rings is 2. The first kappa shape index (κ1) is 10.4. The Hall–Kier alpha value is -2.33. The Kier molecular flexibility index (Phi) is 3.12. The van der Waals surface area contributed by atoms with Crippen LogP contribution in [0.5, 0.6) is 11.5 Å². The molecule has 1 saturated heterocycles. The van der Waals surface area contributed by atoms with Gasteiger partial charge in [0.1, 0.15) is 0 Å². The van der Waals surface area contributed by atoms with Crippen LogP contribution in [0.2, 0.25) is 0 Å². The molecule has 148 valence electrons. The van der Waals surface area contributed by atoms with Gasteiger partial charge in [0.25, 0.3) is 0 Å². The molecule has 1 atom stereocenters. The molecule has 4 rings (SSSR count). The molecule has 0 N–H and O–H groups in total. The molecule has 4 heteroatoms. The molecule has 0 amide bonds. The van der Waals surface area contributed by atoms with Gasteiger partial charge in [0.2, 0.25) is 0 Å². The van der Waals surface area contributed by atoms with Gasteiger partial charge >= 0.3 is 0 Å². The Bertz CT molecular complexity index is 1170. The van der Waals surface area contributed by atoms with Crippen molar-refractivity contribution < 1.29 is 28.0 Å². The Balaban J connectivity index is 1.53. The minimum atomic E-state index is -2.95. The molecule has 0 aromatic heterocycles. The van der Waals surface area contributed by atoms with Gasteiger partial charge in [-0.05, 0) is 67.9 Å². The van der Waals surface area contributed by atoms with E-state index in [2.05, 4.69) is 0 Å². The van der Waals surface area contributed by atoms with Gasteiger partial charge in [-0.15, -0.1) is 0 Å². The van der Waals surface area contributed by atoms with Gasteiger partial charge in [-0.25, -0.2) is 0 Å². The van der Waals surface area contributed by atoms with Crippen molar-refractivity contribution in [2.45, 2.75) is 32.1 Å². The van der Waals surface area contributed by atoms with Gasteiger partial charge in [-0.2, -0.15) is 0 Å². The zero-order valence-electron chi connectivity index (χ0n) is 25.4. The quantitative estimate of drug-likeness (QED) is 0.736. The Morgan fingerprint density at radius 2 is 1.86 bits per heavy atom. The highest BCUT2D eigenvalue weighted by Crippen LogP contribution is 2.39. The van der Waals surface area contributed by atoms with Crippen LogP contribution >= 0.6 is 0 Å². The molecule has 2 aromatic rings. The molecule has 0 saturated carbocycles. The van der Waals surface area contributed by atoms with E-state index in [1.165, 1.54) is 0 Å². The molecule has 2 aliphatic rings. The third kappa shape index (κ3) is 3.93. The summed E-state index contributed by atoms with van der Waals surface area (Å²) < 4.78 is 88.7. The van der Waals surface area contributed by atoms with Crippen LogP contribution in [-0.4, -0.2) is 37.8 Å². The summed E-state index contributed by atoms with van der Waals surface area (Å²) in [5.41, 5.74) is 0.429. The van der Waals surface area contributed by atoms with Gasteiger partial charge in [0.15, 0.2) is 17.3 Å².